The Morgan fingerprint density at radius 1 is 1.41 bits per heavy atom. The van der Waals surface area contributed by atoms with Crippen molar-refractivity contribution in [1.82, 2.24) is 4.90 Å². The van der Waals surface area contributed by atoms with E-state index in [1.807, 2.05) is 0 Å². The van der Waals surface area contributed by atoms with Gasteiger partial charge in [-0.25, -0.2) is 4.39 Å². The molecule has 0 aliphatic carbocycles. The molecule has 22 heavy (non-hydrogen) atoms. The molecule has 3 rings (SSSR count). The monoisotopic (exact) mass is 322 g/mol. The zero-order valence-corrected chi connectivity index (χ0v) is 13.0. The molecule has 2 heterocycles. The fourth-order valence-corrected chi connectivity index (χ4v) is 3.36. The molecule has 0 bridgehead atoms. The number of carbonyl (C=O) groups excluding carboxylic acids is 1. The van der Waals surface area contributed by atoms with Gasteiger partial charge >= 0.3 is 0 Å². The molecular formula is C15H17FN3O2S+. The highest BCUT2D eigenvalue weighted by atomic mass is 32.2. The van der Waals surface area contributed by atoms with Crippen molar-refractivity contribution < 1.29 is 19.2 Å². The molecule has 0 spiro atoms. The molecule has 2 aliphatic heterocycles. The fourth-order valence-electron chi connectivity index (χ4n) is 2.40. The van der Waals surface area contributed by atoms with Crippen LogP contribution in [0.1, 0.15) is 5.56 Å². The van der Waals surface area contributed by atoms with Crippen molar-refractivity contribution in [2.24, 2.45) is 4.99 Å². The van der Waals surface area contributed by atoms with E-state index < -0.39 is 11.6 Å². The quantitative estimate of drug-likeness (QED) is 0.732. The third-order valence-corrected chi connectivity index (χ3v) is 4.85. The second-order valence-electron chi connectivity index (χ2n) is 5.43. The number of thioether (sulfide) groups is 1. The largest absolute Gasteiger partial charge is 0.504 e. The Kier molecular flexibility index (Phi) is 4.17. The molecule has 2 N–H and O–H groups in total. The van der Waals surface area contributed by atoms with E-state index in [0.29, 0.717) is 10.1 Å². The third-order valence-electron chi connectivity index (χ3n) is 3.80. The lowest BCUT2D eigenvalue weighted by Crippen LogP contribution is -3.12. The van der Waals surface area contributed by atoms with Gasteiger partial charge in [-0.2, -0.15) is 4.99 Å². The Bertz CT molecular complexity index is 667. The molecule has 116 valence electrons. The summed E-state index contributed by atoms with van der Waals surface area (Å²) in [6.45, 7) is 3.75. The maximum Gasteiger partial charge on any atom is 0.286 e. The molecule has 0 unspecified atom stereocenters. The van der Waals surface area contributed by atoms with Crippen molar-refractivity contribution in [1.29, 1.82) is 0 Å². The normalized spacial score (nSPS) is 21.5. The molecule has 0 saturated carbocycles. The molecule has 0 aromatic heterocycles. The van der Waals surface area contributed by atoms with E-state index in [1.54, 1.807) is 6.07 Å². The Labute approximate surface area is 132 Å². The number of quaternary nitrogens is 1. The summed E-state index contributed by atoms with van der Waals surface area (Å²) in [7, 11) is 2.14. The van der Waals surface area contributed by atoms with E-state index in [9.17, 15) is 14.3 Å². The summed E-state index contributed by atoms with van der Waals surface area (Å²) in [5, 5.41) is 10.4. The van der Waals surface area contributed by atoms with Gasteiger partial charge in [0, 0.05) is 5.56 Å². The van der Waals surface area contributed by atoms with Gasteiger partial charge in [-0.05, 0) is 23.9 Å². The number of nitrogens with zero attached hydrogens (tertiary/aromatic N) is 2. The van der Waals surface area contributed by atoms with E-state index >= 15 is 0 Å². The van der Waals surface area contributed by atoms with Crippen molar-refractivity contribution in [3.05, 3.63) is 34.5 Å². The van der Waals surface area contributed by atoms with Gasteiger partial charge in [0.15, 0.2) is 16.7 Å². The Balaban J connectivity index is 1.77. The number of aliphatic imine (C=N–C) groups is 1. The van der Waals surface area contributed by atoms with Crippen LogP contribution in [-0.4, -0.2) is 54.3 Å². The predicted octanol–water partition coefficient (Wildman–Crippen LogP) is 0.332. The van der Waals surface area contributed by atoms with E-state index in [2.05, 4.69) is 16.9 Å². The lowest BCUT2D eigenvalue weighted by Gasteiger charge is -2.30. The summed E-state index contributed by atoms with van der Waals surface area (Å²) in [5.74, 6) is -1.48. The summed E-state index contributed by atoms with van der Waals surface area (Å²) in [6.07, 6.45) is 1.49. The van der Waals surface area contributed by atoms with Crippen molar-refractivity contribution in [3.8, 4) is 5.75 Å². The van der Waals surface area contributed by atoms with Gasteiger partial charge in [0.25, 0.3) is 5.91 Å². The maximum absolute atomic E-state index is 13.3. The number of hydrogen-bond donors (Lipinski definition) is 2. The number of phenols is 1. The van der Waals surface area contributed by atoms with Crippen LogP contribution in [0.4, 0.5) is 4.39 Å². The van der Waals surface area contributed by atoms with Gasteiger partial charge in [0.2, 0.25) is 0 Å². The minimum absolute atomic E-state index is 0.287. The number of nitrogens with one attached hydrogen (secondary N) is 1. The van der Waals surface area contributed by atoms with Crippen molar-refractivity contribution in [3.63, 3.8) is 0 Å². The average molecular weight is 322 g/mol. The number of amides is 1. The van der Waals surface area contributed by atoms with Crippen LogP contribution in [-0.2, 0) is 4.79 Å². The first-order valence-corrected chi connectivity index (χ1v) is 7.92. The van der Waals surface area contributed by atoms with Crippen molar-refractivity contribution in [2.45, 2.75) is 0 Å². The average Bonchev–Trinajstić information content (AvgIpc) is 2.86. The Hall–Kier alpha value is -1.86. The first-order valence-electron chi connectivity index (χ1n) is 7.11. The smallest absolute Gasteiger partial charge is 0.286 e. The molecule has 1 aromatic rings. The topological polar surface area (TPSA) is 57.3 Å². The number of halogens is 1. The molecule has 1 fully saturated rings. The van der Waals surface area contributed by atoms with Crippen LogP contribution >= 0.6 is 11.8 Å². The van der Waals surface area contributed by atoms with Gasteiger partial charge < -0.3 is 14.9 Å². The van der Waals surface area contributed by atoms with Crippen LogP contribution in [0.15, 0.2) is 28.1 Å². The lowest BCUT2D eigenvalue weighted by molar-refractivity contribution is -0.883. The van der Waals surface area contributed by atoms with Crippen LogP contribution in [0.5, 0.6) is 5.75 Å². The minimum atomic E-state index is -0.701. The second-order valence-corrected chi connectivity index (χ2v) is 6.44. The van der Waals surface area contributed by atoms with Crippen LogP contribution in [0.2, 0.25) is 0 Å². The summed E-state index contributed by atoms with van der Waals surface area (Å²) >= 11 is 1.28. The number of phenolic OH excluding ortho intramolecular Hbond substituents is 1. The highest BCUT2D eigenvalue weighted by Crippen LogP contribution is 2.32. The fraction of sp³-hybridized carbons (Fsp3) is 0.333. The lowest BCUT2D eigenvalue weighted by atomic mass is 10.2. The van der Waals surface area contributed by atoms with Crippen molar-refractivity contribution in [2.75, 3.05) is 33.2 Å². The van der Waals surface area contributed by atoms with Gasteiger partial charge in [-0.3, -0.25) is 4.79 Å². The molecule has 7 heteroatoms. The minimum Gasteiger partial charge on any atom is -0.504 e. The molecule has 1 aromatic carbocycles. The number of hydrogen-bond acceptors (Lipinski definition) is 4. The van der Waals surface area contributed by atoms with Crippen molar-refractivity contribution >= 4 is 28.9 Å². The van der Waals surface area contributed by atoms with E-state index in [-0.39, 0.29) is 11.5 Å². The van der Waals surface area contributed by atoms with Gasteiger partial charge in [-0.1, -0.05) is 12.1 Å². The molecule has 2 aliphatic rings. The Morgan fingerprint density at radius 2 is 2.14 bits per heavy atom. The SMILES string of the molecule is C[NH+]1CCN(C2=NC(=O)/C(=C/c3cccc(F)c3O)S2)CC1. The molecule has 1 amide bonds. The van der Waals surface area contributed by atoms with Gasteiger partial charge in [-0.15, -0.1) is 0 Å². The highest BCUT2D eigenvalue weighted by Gasteiger charge is 2.29. The first kappa shape index (κ1) is 15.1. The van der Waals surface area contributed by atoms with E-state index in [4.69, 9.17) is 0 Å². The standard InChI is InChI=1S/C15H16FN3O2S/c1-18-5-7-19(8-6-18)15-17-14(21)12(22-15)9-10-3-2-4-11(16)13(10)20/h2-4,9,20H,5-8H2,1H3/p+1/b12-9-. The van der Waals surface area contributed by atoms with Gasteiger partial charge in [0.1, 0.15) is 0 Å². The number of amidine groups is 1. The number of benzene rings is 1. The van der Waals surface area contributed by atoms with Crippen LogP contribution in [0, 0.1) is 5.82 Å². The zero-order valence-electron chi connectivity index (χ0n) is 12.2. The van der Waals surface area contributed by atoms with E-state index in [0.717, 1.165) is 26.2 Å². The third kappa shape index (κ3) is 3.00. The number of likely N-dealkylation sites (N-methyl/N-ethyl adjacent to an activating group) is 1. The van der Waals surface area contributed by atoms with Crippen LogP contribution in [0.3, 0.4) is 0 Å². The number of para-hydroxylation sites is 1. The maximum atomic E-state index is 13.3. The Morgan fingerprint density at radius 3 is 2.86 bits per heavy atom. The second kappa shape index (κ2) is 6.10. The summed E-state index contributed by atoms with van der Waals surface area (Å²) in [5.41, 5.74) is 0.287. The molecule has 5 nitrogen and oxygen atoms in total. The summed E-state index contributed by atoms with van der Waals surface area (Å²) < 4.78 is 13.3. The van der Waals surface area contributed by atoms with Crippen LogP contribution in [0.25, 0.3) is 6.08 Å². The van der Waals surface area contributed by atoms with Crippen LogP contribution < -0.4 is 4.90 Å². The molecular weight excluding hydrogens is 305 g/mol. The first-order chi connectivity index (χ1) is 10.5. The summed E-state index contributed by atoms with van der Waals surface area (Å²) in [4.78, 5) is 20.1. The number of aromatic hydroxyl groups is 1. The van der Waals surface area contributed by atoms with E-state index in [1.165, 1.54) is 34.9 Å². The highest BCUT2D eigenvalue weighted by molar-refractivity contribution is 8.18. The zero-order chi connectivity index (χ0) is 15.7. The number of piperazine rings is 1. The molecule has 0 radical (unpaired) electrons. The molecule has 0 atom stereocenters. The predicted molar refractivity (Wildman–Crippen MR) is 84.3 cm³/mol. The summed E-state index contributed by atoms with van der Waals surface area (Å²) in [6, 6.07) is 4.24. The van der Waals surface area contributed by atoms with Gasteiger partial charge in [0.05, 0.1) is 38.1 Å². The number of carbonyl (C=O) groups is 1. The number of rotatable bonds is 1. The molecule has 1 saturated heterocycles.